The summed E-state index contributed by atoms with van der Waals surface area (Å²) in [7, 11) is -1.55. The van der Waals surface area contributed by atoms with Gasteiger partial charge in [0.25, 0.3) is 0 Å². The second-order valence-electron chi connectivity index (χ2n) is 4.94. The van der Waals surface area contributed by atoms with Gasteiger partial charge in [0, 0.05) is 6.04 Å². The molecule has 0 aliphatic rings. The van der Waals surface area contributed by atoms with Crippen molar-refractivity contribution in [2.75, 3.05) is 0 Å². The highest BCUT2D eigenvalue weighted by atomic mass is 28.4. The zero-order valence-electron chi connectivity index (χ0n) is 11.3. The van der Waals surface area contributed by atoms with E-state index in [0.29, 0.717) is 6.42 Å². The molecule has 17 heavy (non-hydrogen) atoms. The van der Waals surface area contributed by atoms with E-state index in [2.05, 4.69) is 25.3 Å². The molecular formula is C12H25NO3Si. The van der Waals surface area contributed by atoms with Gasteiger partial charge in [-0.1, -0.05) is 19.8 Å². The number of nitrogens with one attached hydrogen (secondary N) is 1. The van der Waals surface area contributed by atoms with E-state index in [-0.39, 0.29) is 6.04 Å². The summed E-state index contributed by atoms with van der Waals surface area (Å²) in [5.41, 5.74) is 0. The zero-order valence-corrected chi connectivity index (χ0v) is 12.3. The molecule has 0 radical (unpaired) electrons. The van der Waals surface area contributed by atoms with Crippen molar-refractivity contribution < 1.29 is 14.3 Å². The Labute approximate surface area is 105 Å². The predicted octanol–water partition coefficient (Wildman–Crippen LogP) is 3.57. The number of hydrogen-bond acceptors (Lipinski definition) is 2. The fraction of sp³-hybridized carbons (Fsp3) is 0.750. The molecule has 100 valence electrons. The molecule has 0 aliphatic carbocycles. The Hall–Kier alpha value is -0.973. The molecule has 0 aromatic carbocycles. The number of unbranched alkanes of at least 4 members (excludes halogenated alkanes) is 1. The molecule has 0 bridgehead atoms. The molecular weight excluding hydrogens is 234 g/mol. The summed E-state index contributed by atoms with van der Waals surface area (Å²) in [5, 5.41) is 10.9. The molecule has 0 aliphatic heterocycles. The lowest BCUT2D eigenvalue weighted by molar-refractivity contribution is 0.191. The van der Waals surface area contributed by atoms with E-state index in [0.717, 1.165) is 6.04 Å². The minimum absolute atomic E-state index is 0.0761. The molecule has 0 rings (SSSR count). The van der Waals surface area contributed by atoms with Gasteiger partial charge in [-0.15, -0.1) is 0 Å². The number of carbonyl (C=O) groups is 1. The molecule has 5 heteroatoms. The van der Waals surface area contributed by atoms with Crippen LogP contribution in [0.1, 0.15) is 33.1 Å². The van der Waals surface area contributed by atoms with Gasteiger partial charge >= 0.3 is 6.09 Å². The standard InChI is InChI=1S/C12H25NO3Si/c1-5-6-10-17(3,4)16-9-7-8-11(2)13-12(14)15/h7,9,11,13H,5-6,8,10H2,1-4H3,(H,14,15). The van der Waals surface area contributed by atoms with E-state index in [1.807, 2.05) is 13.0 Å². The topological polar surface area (TPSA) is 58.6 Å². The van der Waals surface area contributed by atoms with Crippen LogP contribution in [-0.4, -0.2) is 25.6 Å². The van der Waals surface area contributed by atoms with Gasteiger partial charge in [-0.05, 0) is 38.6 Å². The Balaban J connectivity index is 3.82. The number of hydrogen-bond donors (Lipinski definition) is 2. The molecule has 1 amide bonds. The van der Waals surface area contributed by atoms with Crippen molar-refractivity contribution in [3.8, 4) is 0 Å². The minimum Gasteiger partial charge on any atom is -0.550 e. The summed E-state index contributed by atoms with van der Waals surface area (Å²) < 4.78 is 5.77. The summed E-state index contributed by atoms with van der Waals surface area (Å²) in [6, 6.07) is 1.09. The third kappa shape index (κ3) is 9.93. The third-order valence-electron chi connectivity index (χ3n) is 2.48. The molecule has 0 fully saturated rings. The van der Waals surface area contributed by atoms with Crippen LogP contribution in [-0.2, 0) is 4.43 Å². The lowest BCUT2D eigenvalue weighted by Gasteiger charge is -2.21. The Morgan fingerprint density at radius 3 is 2.71 bits per heavy atom. The van der Waals surface area contributed by atoms with Crippen molar-refractivity contribution >= 4 is 14.4 Å². The van der Waals surface area contributed by atoms with Crippen LogP contribution in [0.25, 0.3) is 0 Å². The summed E-state index contributed by atoms with van der Waals surface area (Å²) in [5.74, 6) is 0. The lowest BCUT2D eigenvalue weighted by atomic mass is 10.2. The van der Waals surface area contributed by atoms with Crippen molar-refractivity contribution in [1.29, 1.82) is 0 Å². The van der Waals surface area contributed by atoms with Crippen LogP contribution < -0.4 is 5.32 Å². The maximum Gasteiger partial charge on any atom is 0.404 e. The molecule has 4 nitrogen and oxygen atoms in total. The van der Waals surface area contributed by atoms with Crippen LogP contribution in [0.3, 0.4) is 0 Å². The fourth-order valence-electron chi connectivity index (χ4n) is 1.42. The molecule has 0 saturated carbocycles. The molecule has 0 aromatic rings. The monoisotopic (exact) mass is 259 g/mol. The molecule has 1 unspecified atom stereocenters. The van der Waals surface area contributed by atoms with Crippen LogP contribution in [0.2, 0.25) is 19.1 Å². The van der Waals surface area contributed by atoms with E-state index < -0.39 is 14.4 Å². The first-order chi connectivity index (χ1) is 7.87. The second kappa shape index (κ2) is 8.17. The van der Waals surface area contributed by atoms with E-state index in [9.17, 15) is 4.79 Å². The Bertz CT molecular complexity index is 254. The van der Waals surface area contributed by atoms with Gasteiger partial charge in [-0.2, -0.15) is 0 Å². The quantitative estimate of drug-likeness (QED) is 0.517. The maximum absolute atomic E-state index is 10.4. The van der Waals surface area contributed by atoms with E-state index in [1.165, 1.54) is 12.8 Å². The summed E-state index contributed by atoms with van der Waals surface area (Å²) in [6.07, 6.45) is 5.71. The maximum atomic E-state index is 10.4. The Morgan fingerprint density at radius 1 is 1.53 bits per heavy atom. The second-order valence-corrected chi connectivity index (χ2v) is 9.19. The van der Waals surface area contributed by atoms with Crippen molar-refractivity contribution in [1.82, 2.24) is 5.32 Å². The van der Waals surface area contributed by atoms with Gasteiger partial charge in [0.15, 0.2) is 0 Å². The molecule has 1 atom stereocenters. The van der Waals surface area contributed by atoms with Crippen molar-refractivity contribution in [2.45, 2.75) is 58.3 Å². The first-order valence-electron chi connectivity index (χ1n) is 6.19. The van der Waals surface area contributed by atoms with E-state index in [4.69, 9.17) is 9.53 Å². The Kier molecular flexibility index (Phi) is 7.70. The molecule has 0 heterocycles. The number of rotatable bonds is 8. The van der Waals surface area contributed by atoms with Crippen molar-refractivity contribution in [3.05, 3.63) is 12.3 Å². The van der Waals surface area contributed by atoms with Gasteiger partial charge in [0.1, 0.15) is 0 Å². The summed E-state index contributed by atoms with van der Waals surface area (Å²) in [4.78, 5) is 10.4. The van der Waals surface area contributed by atoms with Crippen molar-refractivity contribution in [3.63, 3.8) is 0 Å². The van der Waals surface area contributed by atoms with Crippen LogP contribution in [0, 0.1) is 0 Å². The van der Waals surface area contributed by atoms with E-state index >= 15 is 0 Å². The molecule has 0 spiro atoms. The highest BCUT2D eigenvalue weighted by Crippen LogP contribution is 2.15. The zero-order chi connectivity index (χ0) is 13.3. The number of carboxylic acid groups (broad SMARTS) is 1. The van der Waals surface area contributed by atoms with E-state index in [1.54, 1.807) is 6.26 Å². The highest BCUT2D eigenvalue weighted by Gasteiger charge is 2.21. The van der Waals surface area contributed by atoms with Crippen LogP contribution in [0.5, 0.6) is 0 Å². The van der Waals surface area contributed by atoms with Crippen LogP contribution in [0.15, 0.2) is 12.3 Å². The average Bonchev–Trinajstić information content (AvgIpc) is 2.21. The largest absolute Gasteiger partial charge is 0.550 e. The fourth-order valence-corrected chi connectivity index (χ4v) is 3.21. The summed E-state index contributed by atoms with van der Waals surface area (Å²) in [6.45, 7) is 8.41. The number of amides is 1. The predicted molar refractivity (Wildman–Crippen MR) is 72.7 cm³/mol. The van der Waals surface area contributed by atoms with Crippen LogP contribution >= 0.6 is 0 Å². The van der Waals surface area contributed by atoms with Gasteiger partial charge in [0.05, 0.1) is 6.26 Å². The minimum atomic E-state index is -1.55. The SMILES string of the molecule is CCCC[Si](C)(C)OC=CCC(C)NC(=O)O. The normalized spacial score (nSPS) is 13.6. The van der Waals surface area contributed by atoms with Gasteiger partial charge in [-0.3, -0.25) is 0 Å². The van der Waals surface area contributed by atoms with Crippen molar-refractivity contribution in [2.24, 2.45) is 0 Å². The lowest BCUT2D eigenvalue weighted by Crippen LogP contribution is -2.30. The third-order valence-corrected chi connectivity index (χ3v) is 4.81. The summed E-state index contributed by atoms with van der Waals surface area (Å²) >= 11 is 0. The first-order valence-corrected chi connectivity index (χ1v) is 9.31. The van der Waals surface area contributed by atoms with Gasteiger partial charge in [0.2, 0.25) is 8.32 Å². The van der Waals surface area contributed by atoms with Gasteiger partial charge < -0.3 is 14.8 Å². The Morgan fingerprint density at radius 2 is 2.18 bits per heavy atom. The molecule has 0 aromatic heterocycles. The molecule has 2 N–H and O–H groups in total. The highest BCUT2D eigenvalue weighted by molar-refractivity contribution is 6.71. The average molecular weight is 259 g/mol. The smallest absolute Gasteiger partial charge is 0.404 e. The first kappa shape index (κ1) is 16.0. The van der Waals surface area contributed by atoms with Gasteiger partial charge in [-0.25, -0.2) is 4.79 Å². The molecule has 0 saturated heterocycles. The van der Waals surface area contributed by atoms with Crippen LogP contribution in [0.4, 0.5) is 4.79 Å².